The van der Waals surface area contributed by atoms with E-state index in [-0.39, 0.29) is 11.0 Å². The first-order chi connectivity index (χ1) is 9.06. The van der Waals surface area contributed by atoms with Gasteiger partial charge in [0.15, 0.2) is 0 Å². The minimum Gasteiger partial charge on any atom is -0.384 e. The summed E-state index contributed by atoms with van der Waals surface area (Å²) in [4.78, 5) is 12.0. The summed E-state index contributed by atoms with van der Waals surface area (Å²) in [7, 11) is 1.65. The summed E-state index contributed by atoms with van der Waals surface area (Å²) in [6, 6.07) is 3.97. The van der Waals surface area contributed by atoms with Gasteiger partial charge in [0.25, 0.3) is 5.91 Å². The second-order valence-electron chi connectivity index (χ2n) is 5.09. The maximum absolute atomic E-state index is 13.5. The highest BCUT2D eigenvalue weighted by Crippen LogP contribution is 2.40. The van der Waals surface area contributed by atoms with Gasteiger partial charge in [-0.15, -0.1) is 0 Å². The zero-order valence-electron chi connectivity index (χ0n) is 10.8. The molecule has 0 aliphatic heterocycles. The van der Waals surface area contributed by atoms with Crippen LogP contribution < -0.4 is 5.32 Å². The Hall–Kier alpha value is -1.13. The van der Waals surface area contributed by atoms with Crippen molar-refractivity contribution < 1.29 is 13.9 Å². The number of carbonyl (C=O) groups is 1. The summed E-state index contributed by atoms with van der Waals surface area (Å²) >= 11 is 5.77. The van der Waals surface area contributed by atoms with Gasteiger partial charge in [-0.3, -0.25) is 4.79 Å². The van der Waals surface area contributed by atoms with E-state index in [4.69, 9.17) is 16.3 Å². The molecule has 1 aromatic carbocycles. The summed E-state index contributed by atoms with van der Waals surface area (Å²) in [5, 5.41) is 3.13. The fourth-order valence-corrected chi connectivity index (χ4v) is 2.56. The van der Waals surface area contributed by atoms with Gasteiger partial charge in [0.2, 0.25) is 0 Å². The molecule has 0 atom stereocenters. The fraction of sp³-hybridized carbons (Fsp3) is 0.500. The Morgan fingerprint density at radius 3 is 2.84 bits per heavy atom. The molecule has 0 radical (unpaired) electrons. The molecule has 0 aromatic heterocycles. The van der Waals surface area contributed by atoms with Crippen LogP contribution in [0.3, 0.4) is 0 Å². The van der Waals surface area contributed by atoms with Crippen LogP contribution in [0.2, 0.25) is 5.02 Å². The Kier molecular flexibility index (Phi) is 4.42. The Morgan fingerprint density at radius 2 is 2.26 bits per heavy atom. The molecule has 0 saturated heterocycles. The van der Waals surface area contributed by atoms with Crippen molar-refractivity contribution in [3.05, 3.63) is 34.6 Å². The van der Waals surface area contributed by atoms with Crippen molar-refractivity contribution in [3.63, 3.8) is 0 Å². The van der Waals surface area contributed by atoms with Gasteiger partial charge in [-0.2, -0.15) is 0 Å². The van der Waals surface area contributed by atoms with E-state index in [0.717, 1.165) is 19.3 Å². The summed E-state index contributed by atoms with van der Waals surface area (Å²) in [6.45, 7) is 1.12. The maximum Gasteiger partial charge on any atom is 0.254 e. The molecular formula is C14H17ClFNO2. The van der Waals surface area contributed by atoms with Gasteiger partial charge in [0.1, 0.15) is 5.82 Å². The van der Waals surface area contributed by atoms with E-state index in [2.05, 4.69) is 5.32 Å². The summed E-state index contributed by atoms with van der Waals surface area (Å²) in [5.74, 6) is -0.987. The SMILES string of the molecule is COCC1(CNC(=O)c2cc(Cl)ccc2F)CCC1. The Balaban J connectivity index is 1.99. The van der Waals surface area contributed by atoms with E-state index in [0.29, 0.717) is 18.2 Å². The lowest BCUT2D eigenvalue weighted by Crippen LogP contribution is -2.45. The lowest BCUT2D eigenvalue weighted by molar-refractivity contribution is 0.0179. The van der Waals surface area contributed by atoms with Crippen LogP contribution in [0.5, 0.6) is 0 Å². The van der Waals surface area contributed by atoms with E-state index in [1.807, 2.05) is 0 Å². The number of benzene rings is 1. The van der Waals surface area contributed by atoms with Crippen molar-refractivity contribution in [2.24, 2.45) is 5.41 Å². The average molecular weight is 286 g/mol. The first-order valence-electron chi connectivity index (χ1n) is 6.28. The minimum absolute atomic E-state index is 0.0134. The molecule has 1 fully saturated rings. The molecule has 1 amide bonds. The Morgan fingerprint density at radius 1 is 1.53 bits per heavy atom. The van der Waals surface area contributed by atoms with Gasteiger partial charge in [-0.05, 0) is 31.0 Å². The van der Waals surface area contributed by atoms with Gasteiger partial charge in [0, 0.05) is 24.1 Å². The van der Waals surface area contributed by atoms with Crippen molar-refractivity contribution in [2.45, 2.75) is 19.3 Å². The molecule has 0 unspecified atom stereocenters. The van der Waals surface area contributed by atoms with Crippen LogP contribution in [0.15, 0.2) is 18.2 Å². The predicted molar refractivity (Wildman–Crippen MR) is 71.9 cm³/mol. The number of hydrogen-bond acceptors (Lipinski definition) is 2. The third-order valence-corrected chi connectivity index (χ3v) is 3.90. The quantitative estimate of drug-likeness (QED) is 0.903. The molecule has 1 aliphatic carbocycles. The average Bonchev–Trinajstić information content (AvgIpc) is 2.35. The number of halogens is 2. The van der Waals surface area contributed by atoms with E-state index >= 15 is 0 Å². The molecule has 1 aliphatic rings. The normalized spacial score (nSPS) is 16.8. The highest BCUT2D eigenvalue weighted by atomic mass is 35.5. The zero-order valence-corrected chi connectivity index (χ0v) is 11.6. The Bertz CT molecular complexity index is 475. The molecule has 19 heavy (non-hydrogen) atoms. The van der Waals surface area contributed by atoms with Gasteiger partial charge < -0.3 is 10.1 Å². The van der Waals surface area contributed by atoms with Crippen molar-refractivity contribution in [1.82, 2.24) is 5.32 Å². The smallest absolute Gasteiger partial charge is 0.254 e. The largest absolute Gasteiger partial charge is 0.384 e. The number of carbonyl (C=O) groups excluding carboxylic acids is 1. The number of methoxy groups -OCH3 is 1. The number of ether oxygens (including phenoxy) is 1. The van der Waals surface area contributed by atoms with Gasteiger partial charge in [0.05, 0.1) is 12.2 Å². The van der Waals surface area contributed by atoms with E-state index in [1.54, 1.807) is 7.11 Å². The maximum atomic E-state index is 13.5. The van der Waals surface area contributed by atoms with Crippen molar-refractivity contribution in [1.29, 1.82) is 0 Å². The first kappa shape index (κ1) is 14.3. The number of amides is 1. The van der Waals surface area contributed by atoms with Crippen LogP contribution >= 0.6 is 11.6 Å². The molecule has 5 heteroatoms. The highest BCUT2D eigenvalue weighted by Gasteiger charge is 2.37. The van der Waals surface area contributed by atoms with Crippen molar-refractivity contribution in [3.8, 4) is 0 Å². The fourth-order valence-electron chi connectivity index (χ4n) is 2.39. The van der Waals surface area contributed by atoms with E-state index in [9.17, 15) is 9.18 Å². The topological polar surface area (TPSA) is 38.3 Å². The van der Waals surface area contributed by atoms with Crippen LogP contribution in [-0.2, 0) is 4.74 Å². The number of rotatable bonds is 5. The second kappa shape index (κ2) is 5.88. The third kappa shape index (κ3) is 3.25. The summed E-state index contributed by atoms with van der Waals surface area (Å²) in [6.07, 6.45) is 3.20. The second-order valence-corrected chi connectivity index (χ2v) is 5.53. The number of nitrogens with one attached hydrogen (secondary N) is 1. The molecule has 1 saturated carbocycles. The number of hydrogen-bond donors (Lipinski definition) is 1. The molecule has 2 rings (SSSR count). The monoisotopic (exact) mass is 285 g/mol. The molecule has 1 N–H and O–H groups in total. The van der Waals surface area contributed by atoms with Crippen LogP contribution in [0.25, 0.3) is 0 Å². The lowest BCUT2D eigenvalue weighted by Gasteiger charge is -2.41. The summed E-state index contributed by atoms with van der Waals surface area (Å²) < 4.78 is 18.7. The van der Waals surface area contributed by atoms with Crippen LogP contribution in [0.4, 0.5) is 4.39 Å². The molecule has 1 aromatic rings. The summed E-state index contributed by atoms with van der Waals surface area (Å²) in [5.41, 5.74) is -0.00110. The zero-order chi connectivity index (χ0) is 13.9. The minimum atomic E-state index is -0.559. The third-order valence-electron chi connectivity index (χ3n) is 3.66. The molecule has 3 nitrogen and oxygen atoms in total. The molecule has 0 heterocycles. The van der Waals surface area contributed by atoms with Gasteiger partial charge in [-0.25, -0.2) is 4.39 Å². The predicted octanol–water partition coefficient (Wildman–Crippen LogP) is 3.03. The van der Waals surface area contributed by atoms with Crippen molar-refractivity contribution in [2.75, 3.05) is 20.3 Å². The van der Waals surface area contributed by atoms with E-state index in [1.165, 1.54) is 18.2 Å². The molecular weight excluding hydrogens is 269 g/mol. The van der Waals surface area contributed by atoms with E-state index < -0.39 is 11.7 Å². The van der Waals surface area contributed by atoms with Gasteiger partial charge >= 0.3 is 0 Å². The van der Waals surface area contributed by atoms with Crippen molar-refractivity contribution >= 4 is 17.5 Å². The van der Waals surface area contributed by atoms with Crippen LogP contribution in [0.1, 0.15) is 29.6 Å². The lowest BCUT2D eigenvalue weighted by atomic mass is 9.69. The molecule has 104 valence electrons. The standard InChI is InChI=1S/C14H17ClFNO2/c1-19-9-14(5-2-6-14)8-17-13(18)11-7-10(15)3-4-12(11)16/h3-4,7H,2,5-6,8-9H2,1H3,(H,17,18). The molecule has 0 bridgehead atoms. The van der Waals surface area contributed by atoms with Crippen LogP contribution in [0, 0.1) is 11.2 Å². The first-order valence-corrected chi connectivity index (χ1v) is 6.66. The van der Waals surface area contributed by atoms with Crippen LogP contribution in [-0.4, -0.2) is 26.2 Å². The Labute approximate surface area is 117 Å². The molecule has 0 spiro atoms. The van der Waals surface area contributed by atoms with Gasteiger partial charge in [-0.1, -0.05) is 18.0 Å². The highest BCUT2D eigenvalue weighted by molar-refractivity contribution is 6.30.